The zero-order valence-electron chi connectivity index (χ0n) is 25.1. The van der Waals surface area contributed by atoms with Gasteiger partial charge < -0.3 is 33.7 Å². The van der Waals surface area contributed by atoms with Crippen LogP contribution in [0.15, 0.2) is 36.5 Å². The van der Waals surface area contributed by atoms with Crippen molar-refractivity contribution in [3.63, 3.8) is 0 Å². The first-order chi connectivity index (χ1) is 19.4. The van der Waals surface area contributed by atoms with Crippen molar-refractivity contribution >= 4 is 17.8 Å². The summed E-state index contributed by atoms with van der Waals surface area (Å²) in [4.78, 5) is 41.4. The minimum absolute atomic E-state index is 0.0305. The lowest BCUT2D eigenvalue weighted by Gasteiger charge is -2.38. The Morgan fingerprint density at radius 1 is 1.02 bits per heavy atom. The Kier molecular flexibility index (Phi) is 12.9. The van der Waals surface area contributed by atoms with Gasteiger partial charge in [-0.05, 0) is 58.2 Å². The van der Waals surface area contributed by atoms with E-state index in [2.05, 4.69) is 10.3 Å². The molecule has 0 bridgehead atoms. The predicted octanol–water partition coefficient (Wildman–Crippen LogP) is 4.11. The molecule has 0 aliphatic rings. The van der Waals surface area contributed by atoms with Crippen LogP contribution in [0.25, 0.3) is 0 Å². The highest BCUT2D eigenvalue weighted by Crippen LogP contribution is 2.32. The van der Waals surface area contributed by atoms with Gasteiger partial charge in [-0.1, -0.05) is 19.1 Å². The van der Waals surface area contributed by atoms with E-state index in [4.69, 9.17) is 28.4 Å². The van der Waals surface area contributed by atoms with Crippen LogP contribution in [0.2, 0.25) is 0 Å². The van der Waals surface area contributed by atoms with Crippen LogP contribution >= 0.6 is 0 Å². The van der Waals surface area contributed by atoms with Gasteiger partial charge in [0.2, 0.25) is 6.79 Å². The summed E-state index contributed by atoms with van der Waals surface area (Å²) in [6, 6.07) is 8.20. The highest BCUT2D eigenvalue weighted by Gasteiger charge is 2.37. The van der Waals surface area contributed by atoms with E-state index >= 15 is 0 Å². The number of carbonyl (C=O) groups excluding carboxylic acids is 3. The van der Waals surface area contributed by atoms with Crippen molar-refractivity contribution in [3.8, 4) is 17.2 Å². The molecule has 1 N–H and O–H groups in total. The Morgan fingerprint density at radius 3 is 2.29 bits per heavy atom. The van der Waals surface area contributed by atoms with Crippen LogP contribution in [0.5, 0.6) is 17.2 Å². The fourth-order valence-corrected chi connectivity index (χ4v) is 4.22. The lowest BCUT2D eigenvalue weighted by molar-refractivity contribution is -0.161. The molecule has 2 aromatic rings. The van der Waals surface area contributed by atoms with E-state index in [0.29, 0.717) is 13.0 Å². The van der Waals surface area contributed by atoms with Crippen molar-refractivity contribution in [1.29, 1.82) is 0 Å². The lowest BCUT2D eigenvalue weighted by Crippen LogP contribution is -2.47. The van der Waals surface area contributed by atoms with E-state index in [1.807, 2.05) is 52.0 Å². The van der Waals surface area contributed by atoms with Gasteiger partial charge in [-0.3, -0.25) is 9.59 Å². The first kappa shape index (κ1) is 33.3. The normalized spacial score (nSPS) is 13.4. The van der Waals surface area contributed by atoms with Gasteiger partial charge >= 0.3 is 11.9 Å². The second-order valence-electron chi connectivity index (χ2n) is 10.0. The van der Waals surface area contributed by atoms with E-state index < -0.39 is 42.4 Å². The highest BCUT2D eigenvalue weighted by atomic mass is 16.7. The minimum Gasteiger partial charge on any atom is -0.497 e. The molecule has 0 radical (unpaired) electrons. The van der Waals surface area contributed by atoms with Crippen molar-refractivity contribution in [2.75, 3.05) is 27.6 Å². The number of aromatic nitrogens is 1. The molecule has 0 aliphatic carbocycles. The number of esters is 2. The largest absolute Gasteiger partial charge is 0.497 e. The molecule has 1 heterocycles. The summed E-state index contributed by atoms with van der Waals surface area (Å²) in [7, 11) is 3.01. The van der Waals surface area contributed by atoms with Crippen LogP contribution < -0.4 is 19.5 Å². The van der Waals surface area contributed by atoms with Crippen LogP contribution in [-0.4, -0.2) is 68.2 Å². The molecule has 226 valence electrons. The van der Waals surface area contributed by atoms with E-state index in [9.17, 15) is 14.4 Å². The standard InChI is InChI=1S/C30H42N2O9/c1-9-16-40-30(5,6)24(17-22-10-12-23(36-7)13-11-22)20(3)41-29(35)19(2)32-28(34)26-27(39-18-38-21(4)33)25(37-8)14-15-31-26/h10-15,19-20,24H,9,16-18H2,1-8H3,(H,32,34)/t19-,20-,24-/m0/s1. The maximum atomic E-state index is 13.1. The number of carbonyl (C=O) groups is 3. The summed E-state index contributed by atoms with van der Waals surface area (Å²) in [6.07, 6.45) is 2.25. The number of benzene rings is 1. The SMILES string of the molecule is CCCOC(C)(C)[C@@H](Cc1ccc(OC)cc1)[C@H](C)OC(=O)[C@H](C)NC(=O)c1nccc(OC)c1OCOC(C)=O. The average Bonchev–Trinajstić information content (AvgIpc) is 2.94. The smallest absolute Gasteiger partial charge is 0.328 e. The molecule has 1 aromatic heterocycles. The number of amides is 1. The van der Waals surface area contributed by atoms with Crippen molar-refractivity contribution in [2.45, 2.75) is 72.1 Å². The summed E-state index contributed by atoms with van der Waals surface area (Å²) in [6.45, 7) is 10.7. The molecule has 0 spiro atoms. The van der Waals surface area contributed by atoms with E-state index in [1.165, 1.54) is 33.2 Å². The minimum atomic E-state index is -1.01. The van der Waals surface area contributed by atoms with Crippen molar-refractivity contribution in [2.24, 2.45) is 5.92 Å². The average molecular weight is 575 g/mol. The number of methoxy groups -OCH3 is 2. The molecule has 2 rings (SSSR count). The molecule has 11 heteroatoms. The fourth-order valence-electron chi connectivity index (χ4n) is 4.22. The van der Waals surface area contributed by atoms with E-state index in [1.54, 1.807) is 7.11 Å². The number of pyridine rings is 1. The molecule has 11 nitrogen and oxygen atoms in total. The van der Waals surface area contributed by atoms with Crippen molar-refractivity contribution < 1.29 is 42.8 Å². The molecule has 0 aliphatic heterocycles. The number of nitrogens with one attached hydrogen (secondary N) is 1. The summed E-state index contributed by atoms with van der Waals surface area (Å²) < 4.78 is 32.8. The number of nitrogens with zero attached hydrogens (tertiary/aromatic N) is 1. The lowest BCUT2D eigenvalue weighted by atomic mass is 9.81. The second kappa shape index (κ2) is 15.8. The molecule has 3 atom stereocenters. The Morgan fingerprint density at radius 2 is 1.71 bits per heavy atom. The Balaban J connectivity index is 2.17. The summed E-state index contributed by atoms with van der Waals surface area (Å²) in [5.74, 6) is -1.15. The second-order valence-corrected chi connectivity index (χ2v) is 10.0. The molecule has 0 saturated heterocycles. The van der Waals surface area contributed by atoms with Gasteiger partial charge in [-0.15, -0.1) is 0 Å². The summed E-state index contributed by atoms with van der Waals surface area (Å²) in [5, 5.41) is 2.60. The van der Waals surface area contributed by atoms with Gasteiger partial charge in [0.1, 0.15) is 17.9 Å². The van der Waals surface area contributed by atoms with E-state index in [0.717, 1.165) is 17.7 Å². The van der Waals surface area contributed by atoms with Crippen LogP contribution in [0.4, 0.5) is 0 Å². The van der Waals surface area contributed by atoms with Crippen LogP contribution in [-0.2, 0) is 30.2 Å². The third-order valence-electron chi connectivity index (χ3n) is 6.52. The van der Waals surface area contributed by atoms with Crippen LogP contribution in [0, 0.1) is 5.92 Å². The Hall–Kier alpha value is -3.86. The molecular weight excluding hydrogens is 532 g/mol. The number of hydrogen-bond donors (Lipinski definition) is 1. The monoisotopic (exact) mass is 574 g/mol. The molecule has 0 fully saturated rings. The van der Waals surface area contributed by atoms with Gasteiger partial charge in [-0.2, -0.15) is 0 Å². The maximum absolute atomic E-state index is 13.1. The zero-order chi connectivity index (χ0) is 30.6. The van der Waals surface area contributed by atoms with E-state index in [-0.39, 0.29) is 23.1 Å². The third kappa shape index (κ3) is 9.93. The van der Waals surface area contributed by atoms with Crippen LogP contribution in [0.3, 0.4) is 0 Å². The van der Waals surface area contributed by atoms with Gasteiger partial charge in [-0.25, -0.2) is 9.78 Å². The van der Waals surface area contributed by atoms with Gasteiger partial charge in [0.25, 0.3) is 5.91 Å². The predicted molar refractivity (Wildman–Crippen MR) is 151 cm³/mol. The van der Waals surface area contributed by atoms with Crippen LogP contribution in [0.1, 0.15) is 64.0 Å². The number of rotatable bonds is 16. The quantitative estimate of drug-likeness (QED) is 0.231. The molecule has 0 saturated carbocycles. The summed E-state index contributed by atoms with van der Waals surface area (Å²) in [5.41, 5.74) is 0.287. The Bertz CT molecular complexity index is 1150. The van der Waals surface area contributed by atoms with Crippen molar-refractivity contribution in [1.82, 2.24) is 10.3 Å². The third-order valence-corrected chi connectivity index (χ3v) is 6.52. The molecule has 1 amide bonds. The number of hydrogen-bond acceptors (Lipinski definition) is 10. The number of ether oxygens (including phenoxy) is 6. The Labute approximate surface area is 241 Å². The first-order valence-corrected chi connectivity index (χ1v) is 13.5. The molecule has 41 heavy (non-hydrogen) atoms. The van der Waals surface area contributed by atoms with Gasteiger partial charge in [0, 0.05) is 31.7 Å². The fraction of sp³-hybridized carbons (Fsp3) is 0.533. The summed E-state index contributed by atoms with van der Waals surface area (Å²) >= 11 is 0. The first-order valence-electron chi connectivity index (χ1n) is 13.5. The topological polar surface area (TPSA) is 132 Å². The molecular formula is C30H42N2O9. The molecule has 0 unspecified atom stereocenters. The highest BCUT2D eigenvalue weighted by molar-refractivity contribution is 5.98. The zero-order valence-corrected chi connectivity index (χ0v) is 25.1. The van der Waals surface area contributed by atoms with Gasteiger partial charge in [0.05, 0.1) is 19.8 Å². The molecule has 1 aromatic carbocycles. The maximum Gasteiger partial charge on any atom is 0.328 e. The van der Waals surface area contributed by atoms with Gasteiger partial charge in [0.15, 0.2) is 17.2 Å². The van der Waals surface area contributed by atoms with Crippen molar-refractivity contribution in [3.05, 3.63) is 47.8 Å².